The normalized spacial score (nSPS) is 12.9. The van der Waals surface area contributed by atoms with Gasteiger partial charge >= 0.3 is 11.9 Å². The largest absolute Gasteiger partial charge is 0.481 e. The van der Waals surface area contributed by atoms with E-state index in [2.05, 4.69) is 15.9 Å². The Balaban J connectivity index is 3.23. The highest BCUT2D eigenvalue weighted by atomic mass is 79.9. The van der Waals surface area contributed by atoms with Gasteiger partial charge in [-0.15, -0.1) is 0 Å². The zero-order chi connectivity index (χ0) is 16.4. The molecule has 11 heteroatoms. The molecule has 3 N–H and O–H groups in total. The first-order chi connectivity index (χ1) is 9.54. The van der Waals surface area contributed by atoms with Crippen LogP contribution in [-0.4, -0.2) is 36.6 Å². The number of carbonyl (C=O) groups is 2. The third-order valence-corrected chi connectivity index (χ3v) is 4.64. The van der Waals surface area contributed by atoms with Crippen LogP contribution in [0.5, 0.6) is 0 Å². The Labute approximate surface area is 125 Å². The minimum absolute atomic E-state index is 0.298. The van der Waals surface area contributed by atoms with Crippen LogP contribution in [0, 0.1) is 11.6 Å². The van der Waals surface area contributed by atoms with E-state index in [0.717, 1.165) is 0 Å². The van der Waals surface area contributed by atoms with E-state index in [1.54, 1.807) is 4.72 Å². The van der Waals surface area contributed by atoms with E-state index >= 15 is 0 Å². The Morgan fingerprint density at radius 2 is 1.86 bits per heavy atom. The van der Waals surface area contributed by atoms with Gasteiger partial charge in [0.2, 0.25) is 10.0 Å². The summed E-state index contributed by atoms with van der Waals surface area (Å²) in [4.78, 5) is 20.3. The Morgan fingerprint density at radius 3 is 2.29 bits per heavy atom. The summed E-state index contributed by atoms with van der Waals surface area (Å²) in [5.41, 5.74) is 0. The lowest BCUT2D eigenvalue weighted by atomic mass is 10.2. The second kappa shape index (κ2) is 6.45. The second-order valence-electron chi connectivity index (χ2n) is 3.81. The molecule has 0 aliphatic heterocycles. The van der Waals surface area contributed by atoms with Crippen molar-refractivity contribution < 1.29 is 37.0 Å². The highest BCUT2D eigenvalue weighted by Gasteiger charge is 2.31. The molecule has 0 aliphatic rings. The van der Waals surface area contributed by atoms with E-state index in [-0.39, 0.29) is 0 Å². The smallest absolute Gasteiger partial charge is 0.322 e. The molecular formula is C10H8BrF2NO6S. The molecule has 116 valence electrons. The zero-order valence-corrected chi connectivity index (χ0v) is 12.4. The number of rotatable bonds is 6. The van der Waals surface area contributed by atoms with Crippen LogP contribution < -0.4 is 4.72 Å². The molecule has 0 heterocycles. The molecular weight excluding hydrogens is 380 g/mol. The van der Waals surface area contributed by atoms with Crippen molar-refractivity contribution in [1.29, 1.82) is 0 Å². The molecule has 1 atom stereocenters. The average Bonchev–Trinajstić information content (AvgIpc) is 2.24. The molecule has 1 aromatic rings. The van der Waals surface area contributed by atoms with Crippen molar-refractivity contribution >= 4 is 37.9 Å². The number of carboxylic acid groups (broad SMARTS) is 2. The fourth-order valence-corrected chi connectivity index (χ4v) is 3.74. The van der Waals surface area contributed by atoms with E-state index in [9.17, 15) is 26.8 Å². The monoisotopic (exact) mass is 387 g/mol. The number of benzene rings is 1. The van der Waals surface area contributed by atoms with E-state index < -0.39 is 55.4 Å². The van der Waals surface area contributed by atoms with Gasteiger partial charge in [-0.1, -0.05) is 0 Å². The topological polar surface area (TPSA) is 121 Å². The maximum atomic E-state index is 13.6. The Morgan fingerprint density at radius 1 is 1.29 bits per heavy atom. The van der Waals surface area contributed by atoms with Gasteiger partial charge in [0.15, 0.2) is 0 Å². The van der Waals surface area contributed by atoms with Gasteiger partial charge < -0.3 is 10.2 Å². The summed E-state index contributed by atoms with van der Waals surface area (Å²) in [5, 5.41) is 17.3. The van der Waals surface area contributed by atoms with Crippen molar-refractivity contribution in [3.8, 4) is 0 Å². The third kappa shape index (κ3) is 4.44. The average molecular weight is 388 g/mol. The number of halogens is 3. The van der Waals surface area contributed by atoms with Crippen LogP contribution in [-0.2, 0) is 19.6 Å². The van der Waals surface area contributed by atoms with Crippen molar-refractivity contribution in [2.45, 2.75) is 17.4 Å². The lowest BCUT2D eigenvalue weighted by Gasteiger charge is -2.14. The second-order valence-corrected chi connectivity index (χ2v) is 6.31. The van der Waals surface area contributed by atoms with Crippen molar-refractivity contribution in [3.63, 3.8) is 0 Å². The Bertz CT molecular complexity index is 670. The van der Waals surface area contributed by atoms with Crippen LogP contribution in [0.3, 0.4) is 0 Å². The molecule has 0 spiro atoms. The lowest BCUT2D eigenvalue weighted by Crippen LogP contribution is -2.42. The van der Waals surface area contributed by atoms with Gasteiger partial charge in [0.05, 0.1) is 6.42 Å². The Kier molecular flexibility index (Phi) is 5.36. The molecule has 0 aromatic heterocycles. The van der Waals surface area contributed by atoms with Gasteiger partial charge in [-0.25, -0.2) is 17.2 Å². The van der Waals surface area contributed by atoms with Gasteiger partial charge in [-0.2, -0.15) is 4.72 Å². The first-order valence-electron chi connectivity index (χ1n) is 5.16. The lowest BCUT2D eigenvalue weighted by molar-refractivity contribution is -0.145. The quantitative estimate of drug-likeness (QED) is 0.667. The standard InChI is InChI=1S/C10H8BrF2NO6S/c11-5-1-4(12)2-6(13)9(5)21(19,20)14-7(10(17)18)3-8(15)16/h1-2,7,14H,3H2,(H,15,16)(H,17,18)/t7-/m1/s1. The predicted molar refractivity (Wildman–Crippen MR) is 68.1 cm³/mol. The zero-order valence-electron chi connectivity index (χ0n) is 10.0. The van der Waals surface area contributed by atoms with Crippen molar-refractivity contribution in [1.82, 2.24) is 4.72 Å². The molecule has 0 bridgehead atoms. The first-order valence-corrected chi connectivity index (χ1v) is 7.43. The number of sulfonamides is 1. The van der Waals surface area contributed by atoms with E-state index in [0.29, 0.717) is 12.1 Å². The van der Waals surface area contributed by atoms with Crippen LogP contribution in [0.4, 0.5) is 8.78 Å². The molecule has 0 aliphatic carbocycles. The maximum Gasteiger partial charge on any atom is 0.322 e. The van der Waals surface area contributed by atoms with Gasteiger partial charge in [-0.05, 0) is 22.0 Å². The molecule has 0 amide bonds. The maximum absolute atomic E-state index is 13.6. The molecule has 1 rings (SSSR count). The molecule has 21 heavy (non-hydrogen) atoms. The van der Waals surface area contributed by atoms with Gasteiger partial charge in [-0.3, -0.25) is 9.59 Å². The van der Waals surface area contributed by atoms with Gasteiger partial charge in [0.1, 0.15) is 22.6 Å². The molecule has 0 saturated carbocycles. The minimum Gasteiger partial charge on any atom is -0.481 e. The first kappa shape index (κ1) is 17.5. The SMILES string of the molecule is O=C(O)C[C@@H](NS(=O)(=O)c1c(F)cc(F)cc1Br)C(=O)O. The summed E-state index contributed by atoms with van der Waals surface area (Å²) in [6, 6.07) is -1.03. The minimum atomic E-state index is -4.71. The summed E-state index contributed by atoms with van der Waals surface area (Å²) >= 11 is 2.65. The fraction of sp³-hybridized carbons (Fsp3) is 0.200. The highest BCUT2D eigenvalue weighted by molar-refractivity contribution is 9.10. The van der Waals surface area contributed by atoms with Crippen LogP contribution in [0.1, 0.15) is 6.42 Å². The number of nitrogens with one attached hydrogen (secondary N) is 1. The third-order valence-electron chi connectivity index (χ3n) is 2.21. The van der Waals surface area contributed by atoms with Crippen LogP contribution >= 0.6 is 15.9 Å². The van der Waals surface area contributed by atoms with Crippen LogP contribution in [0.2, 0.25) is 0 Å². The number of hydrogen-bond acceptors (Lipinski definition) is 4. The van der Waals surface area contributed by atoms with E-state index in [1.165, 1.54) is 0 Å². The summed E-state index contributed by atoms with van der Waals surface area (Å²) in [6.45, 7) is 0. The van der Waals surface area contributed by atoms with Gasteiger partial charge in [0.25, 0.3) is 0 Å². The van der Waals surface area contributed by atoms with E-state index in [1.807, 2.05) is 0 Å². The molecule has 0 radical (unpaired) electrons. The fourth-order valence-electron chi connectivity index (χ4n) is 1.39. The Hall–Kier alpha value is -1.59. The summed E-state index contributed by atoms with van der Waals surface area (Å²) in [6.07, 6.45) is -1.05. The number of hydrogen-bond donors (Lipinski definition) is 3. The number of aliphatic carboxylic acids is 2. The van der Waals surface area contributed by atoms with Crippen molar-refractivity contribution in [3.05, 3.63) is 28.2 Å². The van der Waals surface area contributed by atoms with Crippen molar-refractivity contribution in [2.24, 2.45) is 0 Å². The van der Waals surface area contributed by atoms with E-state index in [4.69, 9.17) is 10.2 Å². The number of carboxylic acids is 2. The van der Waals surface area contributed by atoms with Gasteiger partial charge in [0, 0.05) is 10.5 Å². The van der Waals surface area contributed by atoms with Crippen LogP contribution in [0.25, 0.3) is 0 Å². The predicted octanol–water partition coefficient (Wildman–Crippen LogP) is 0.934. The summed E-state index contributed by atoms with van der Waals surface area (Å²) in [5.74, 6) is -5.81. The summed E-state index contributed by atoms with van der Waals surface area (Å²) in [7, 11) is -4.71. The molecule has 7 nitrogen and oxygen atoms in total. The summed E-state index contributed by atoms with van der Waals surface area (Å²) < 4.78 is 51.4. The molecule has 1 aromatic carbocycles. The molecule has 0 saturated heterocycles. The highest BCUT2D eigenvalue weighted by Crippen LogP contribution is 2.26. The van der Waals surface area contributed by atoms with Crippen molar-refractivity contribution in [2.75, 3.05) is 0 Å². The molecule has 0 fully saturated rings. The van der Waals surface area contributed by atoms with Crippen LogP contribution in [0.15, 0.2) is 21.5 Å². The molecule has 0 unspecified atom stereocenters.